The van der Waals surface area contributed by atoms with Gasteiger partial charge in [0.05, 0.1) is 0 Å². The van der Waals surface area contributed by atoms with Crippen LogP contribution in [-0.4, -0.2) is 50.1 Å². The maximum Gasteiger partial charge on any atom is 0.220 e. The summed E-state index contributed by atoms with van der Waals surface area (Å²) in [5, 5.41) is 6.32. The molecule has 1 amide bonds. The number of carbonyl (C=O) groups excluding carboxylic acids is 1. The second-order valence-electron chi connectivity index (χ2n) is 5.28. The Morgan fingerprint density at radius 2 is 1.71 bits per heavy atom. The van der Waals surface area contributed by atoms with Crippen molar-refractivity contribution in [3.05, 3.63) is 12.2 Å². The third-order valence-corrected chi connectivity index (χ3v) is 3.52. The number of hydrogen-bond acceptors (Lipinski definition) is 3. The SMILES string of the molecule is CCC/C=C/CCCC(=O)NCCNCCN(CC)CC. The zero-order chi connectivity index (χ0) is 15.8. The fourth-order valence-corrected chi connectivity index (χ4v) is 2.06. The quantitative estimate of drug-likeness (QED) is 0.382. The minimum Gasteiger partial charge on any atom is -0.355 e. The highest BCUT2D eigenvalue weighted by Crippen LogP contribution is 1.98. The van der Waals surface area contributed by atoms with E-state index in [1.807, 2.05) is 0 Å². The van der Waals surface area contributed by atoms with Crippen molar-refractivity contribution in [2.75, 3.05) is 39.3 Å². The summed E-state index contributed by atoms with van der Waals surface area (Å²) in [6.45, 7) is 12.4. The van der Waals surface area contributed by atoms with E-state index in [0.29, 0.717) is 6.42 Å². The number of likely N-dealkylation sites (N-methyl/N-ethyl adjacent to an activating group) is 1. The van der Waals surface area contributed by atoms with Crippen LogP contribution in [0.1, 0.15) is 52.9 Å². The van der Waals surface area contributed by atoms with Gasteiger partial charge in [-0.2, -0.15) is 0 Å². The van der Waals surface area contributed by atoms with Crippen molar-refractivity contribution in [2.45, 2.75) is 52.9 Å². The average molecular weight is 297 g/mol. The lowest BCUT2D eigenvalue weighted by Gasteiger charge is -2.18. The molecule has 124 valence electrons. The predicted molar refractivity (Wildman–Crippen MR) is 91.6 cm³/mol. The smallest absolute Gasteiger partial charge is 0.220 e. The molecule has 0 unspecified atom stereocenters. The molecule has 21 heavy (non-hydrogen) atoms. The molecule has 0 heterocycles. The molecule has 0 fully saturated rings. The minimum atomic E-state index is 0.171. The zero-order valence-corrected chi connectivity index (χ0v) is 14.3. The molecule has 0 atom stereocenters. The van der Waals surface area contributed by atoms with Gasteiger partial charge >= 0.3 is 0 Å². The van der Waals surface area contributed by atoms with Crippen molar-refractivity contribution < 1.29 is 4.79 Å². The summed E-state index contributed by atoms with van der Waals surface area (Å²) in [7, 11) is 0. The van der Waals surface area contributed by atoms with Crippen LogP contribution in [0.3, 0.4) is 0 Å². The molecule has 2 N–H and O–H groups in total. The van der Waals surface area contributed by atoms with E-state index in [4.69, 9.17) is 0 Å². The highest BCUT2D eigenvalue weighted by atomic mass is 16.1. The fraction of sp³-hybridized carbons (Fsp3) is 0.824. The molecule has 4 heteroatoms. The maximum absolute atomic E-state index is 11.6. The van der Waals surface area contributed by atoms with Gasteiger partial charge in [0.2, 0.25) is 5.91 Å². The Morgan fingerprint density at radius 3 is 2.38 bits per heavy atom. The van der Waals surface area contributed by atoms with Crippen LogP contribution in [-0.2, 0) is 4.79 Å². The Morgan fingerprint density at radius 1 is 1.00 bits per heavy atom. The van der Waals surface area contributed by atoms with Gasteiger partial charge in [0.1, 0.15) is 0 Å². The molecule has 0 rings (SSSR count). The number of unbranched alkanes of at least 4 members (excludes halogenated alkanes) is 2. The third kappa shape index (κ3) is 13.9. The molecule has 0 aromatic carbocycles. The molecule has 0 aliphatic carbocycles. The van der Waals surface area contributed by atoms with Gasteiger partial charge in [-0.15, -0.1) is 0 Å². The predicted octanol–water partition coefficient (Wildman–Crippen LogP) is 2.56. The van der Waals surface area contributed by atoms with E-state index >= 15 is 0 Å². The largest absolute Gasteiger partial charge is 0.355 e. The van der Waals surface area contributed by atoms with Crippen molar-refractivity contribution in [3.8, 4) is 0 Å². The van der Waals surface area contributed by atoms with Gasteiger partial charge in [0.15, 0.2) is 0 Å². The summed E-state index contributed by atoms with van der Waals surface area (Å²) in [6, 6.07) is 0. The normalized spacial score (nSPS) is 11.4. The summed E-state index contributed by atoms with van der Waals surface area (Å²) < 4.78 is 0. The van der Waals surface area contributed by atoms with E-state index in [9.17, 15) is 4.79 Å². The molecule has 0 spiro atoms. The summed E-state index contributed by atoms with van der Waals surface area (Å²) >= 11 is 0. The van der Waals surface area contributed by atoms with Gasteiger partial charge in [-0.3, -0.25) is 4.79 Å². The number of hydrogen-bond donors (Lipinski definition) is 2. The van der Waals surface area contributed by atoms with Crippen LogP contribution >= 0.6 is 0 Å². The second-order valence-corrected chi connectivity index (χ2v) is 5.28. The van der Waals surface area contributed by atoms with Gasteiger partial charge in [0, 0.05) is 32.6 Å². The van der Waals surface area contributed by atoms with Crippen LogP contribution in [0.2, 0.25) is 0 Å². The van der Waals surface area contributed by atoms with E-state index < -0.39 is 0 Å². The molecule has 0 radical (unpaired) electrons. The Bertz CT molecular complexity index is 263. The molecule has 0 saturated heterocycles. The Kier molecular flexibility index (Phi) is 14.9. The van der Waals surface area contributed by atoms with Crippen molar-refractivity contribution in [1.29, 1.82) is 0 Å². The van der Waals surface area contributed by atoms with Crippen LogP contribution in [0.25, 0.3) is 0 Å². The van der Waals surface area contributed by atoms with Gasteiger partial charge in [-0.25, -0.2) is 0 Å². The van der Waals surface area contributed by atoms with Crippen molar-refractivity contribution >= 4 is 5.91 Å². The summed E-state index contributed by atoms with van der Waals surface area (Å²) in [4.78, 5) is 14.0. The first-order valence-electron chi connectivity index (χ1n) is 8.59. The van der Waals surface area contributed by atoms with Crippen LogP contribution in [0.5, 0.6) is 0 Å². The number of allylic oxidation sites excluding steroid dienone is 2. The molecular weight excluding hydrogens is 262 g/mol. The molecule has 4 nitrogen and oxygen atoms in total. The first kappa shape index (κ1) is 20.1. The summed E-state index contributed by atoms with van der Waals surface area (Å²) in [6.07, 6.45) is 9.32. The highest BCUT2D eigenvalue weighted by Gasteiger charge is 2.00. The van der Waals surface area contributed by atoms with Gasteiger partial charge in [-0.1, -0.05) is 39.3 Å². The van der Waals surface area contributed by atoms with E-state index in [-0.39, 0.29) is 5.91 Å². The van der Waals surface area contributed by atoms with Gasteiger partial charge in [0.25, 0.3) is 0 Å². The summed E-state index contributed by atoms with van der Waals surface area (Å²) in [5.74, 6) is 0.171. The van der Waals surface area contributed by atoms with Gasteiger partial charge in [-0.05, 0) is 32.4 Å². The third-order valence-electron chi connectivity index (χ3n) is 3.52. The Hall–Kier alpha value is -0.870. The lowest BCUT2D eigenvalue weighted by molar-refractivity contribution is -0.121. The lowest BCUT2D eigenvalue weighted by Crippen LogP contribution is -2.36. The fourth-order valence-electron chi connectivity index (χ4n) is 2.06. The first-order valence-corrected chi connectivity index (χ1v) is 8.59. The van der Waals surface area contributed by atoms with Crippen LogP contribution in [0.4, 0.5) is 0 Å². The van der Waals surface area contributed by atoms with E-state index in [2.05, 4.69) is 48.5 Å². The van der Waals surface area contributed by atoms with E-state index in [0.717, 1.165) is 58.5 Å². The summed E-state index contributed by atoms with van der Waals surface area (Å²) in [5.41, 5.74) is 0. The number of rotatable bonds is 14. The van der Waals surface area contributed by atoms with Crippen molar-refractivity contribution in [1.82, 2.24) is 15.5 Å². The second kappa shape index (κ2) is 15.5. The molecule has 0 aromatic rings. The molecule has 0 saturated carbocycles. The number of nitrogens with zero attached hydrogens (tertiary/aromatic N) is 1. The number of carbonyl (C=O) groups is 1. The molecule has 0 aromatic heterocycles. The van der Waals surface area contributed by atoms with Crippen molar-refractivity contribution in [3.63, 3.8) is 0 Å². The Labute approximate surface area is 131 Å². The van der Waals surface area contributed by atoms with E-state index in [1.165, 1.54) is 6.42 Å². The molecule has 0 aliphatic heterocycles. The number of amides is 1. The number of nitrogens with one attached hydrogen (secondary N) is 2. The molecule has 0 aliphatic rings. The first-order chi connectivity index (χ1) is 10.2. The lowest BCUT2D eigenvalue weighted by atomic mass is 10.2. The van der Waals surface area contributed by atoms with Crippen molar-refractivity contribution in [2.24, 2.45) is 0 Å². The van der Waals surface area contributed by atoms with Crippen LogP contribution in [0.15, 0.2) is 12.2 Å². The van der Waals surface area contributed by atoms with Crippen LogP contribution < -0.4 is 10.6 Å². The highest BCUT2D eigenvalue weighted by molar-refractivity contribution is 5.75. The van der Waals surface area contributed by atoms with Gasteiger partial charge < -0.3 is 15.5 Å². The van der Waals surface area contributed by atoms with E-state index in [1.54, 1.807) is 0 Å². The topological polar surface area (TPSA) is 44.4 Å². The standard InChI is InChI=1S/C17H35N3O/c1-4-7-8-9-10-11-12-17(21)19-14-13-18-15-16-20(5-2)6-3/h8-9,18H,4-7,10-16H2,1-3H3,(H,19,21)/b9-8+. The zero-order valence-electron chi connectivity index (χ0n) is 14.3. The monoisotopic (exact) mass is 297 g/mol. The van der Waals surface area contributed by atoms with Crippen LogP contribution in [0, 0.1) is 0 Å². The molecule has 0 bridgehead atoms. The maximum atomic E-state index is 11.6. The average Bonchev–Trinajstić information content (AvgIpc) is 2.50. The Balaban J connectivity index is 3.34. The minimum absolute atomic E-state index is 0.171. The molecular formula is C17H35N3O.